The number of para-hydroxylation sites is 1. The summed E-state index contributed by atoms with van der Waals surface area (Å²) >= 11 is 0. The van der Waals surface area contributed by atoms with Crippen molar-refractivity contribution in [2.24, 2.45) is 0 Å². The zero-order chi connectivity index (χ0) is 16.7. The summed E-state index contributed by atoms with van der Waals surface area (Å²) in [5, 5.41) is 3.07. The Morgan fingerprint density at radius 2 is 2.00 bits per heavy atom. The monoisotopic (exact) mass is 328 g/mol. The smallest absolute Gasteiger partial charge is 0.318 e. The summed E-state index contributed by atoms with van der Waals surface area (Å²) in [6, 6.07) is 8.53. The van der Waals surface area contributed by atoms with Gasteiger partial charge in [-0.15, -0.1) is 0 Å². The van der Waals surface area contributed by atoms with E-state index in [9.17, 15) is 9.59 Å². The van der Waals surface area contributed by atoms with Crippen LogP contribution in [0.2, 0.25) is 0 Å². The first-order valence-electron chi connectivity index (χ1n) is 8.76. The highest BCUT2D eigenvalue weighted by Crippen LogP contribution is 2.30. The van der Waals surface area contributed by atoms with Crippen molar-refractivity contribution < 1.29 is 9.59 Å². The largest absolute Gasteiger partial charge is 0.373 e. The second kappa shape index (κ2) is 6.00. The second-order valence-electron chi connectivity index (χ2n) is 7.10. The lowest BCUT2D eigenvalue weighted by Crippen LogP contribution is -2.46. The Hall–Kier alpha value is -2.24. The van der Waals surface area contributed by atoms with Crippen LogP contribution >= 0.6 is 0 Å². The summed E-state index contributed by atoms with van der Waals surface area (Å²) in [6.45, 7) is 2.77. The van der Waals surface area contributed by atoms with Gasteiger partial charge in [0.1, 0.15) is 0 Å². The summed E-state index contributed by atoms with van der Waals surface area (Å²) in [5.41, 5.74) is 2.35. The Morgan fingerprint density at radius 3 is 2.79 bits per heavy atom. The van der Waals surface area contributed by atoms with Gasteiger partial charge in [-0.05, 0) is 24.5 Å². The molecule has 1 aromatic rings. The molecule has 0 unspecified atom stereocenters. The molecule has 0 spiro atoms. The number of likely N-dealkylation sites (tertiary alicyclic amines) is 1. The fourth-order valence-corrected chi connectivity index (χ4v) is 3.70. The Balaban J connectivity index is 1.41. The van der Waals surface area contributed by atoms with Crippen LogP contribution < -0.4 is 10.2 Å². The van der Waals surface area contributed by atoms with Crippen molar-refractivity contribution >= 4 is 17.6 Å². The molecule has 2 heterocycles. The topological polar surface area (TPSA) is 55.9 Å². The van der Waals surface area contributed by atoms with Crippen LogP contribution in [-0.2, 0) is 11.3 Å². The Morgan fingerprint density at radius 1 is 1.21 bits per heavy atom. The summed E-state index contributed by atoms with van der Waals surface area (Å²) in [4.78, 5) is 30.7. The number of likely N-dealkylation sites (N-methyl/N-ethyl adjacent to an activating group) is 1. The van der Waals surface area contributed by atoms with Gasteiger partial charge in [0, 0.05) is 51.4 Å². The average Bonchev–Trinajstić information content (AvgIpc) is 3.36. The molecule has 1 aromatic carbocycles. The Labute approximate surface area is 142 Å². The number of amides is 3. The molecule has 1 atom stereocenters. The first-order chi connectivity index (χ1) is 11.6. The van der Waals surface area contributed by atoms with Gasteiger partial charge in [0.25, 0.3) is 0 Å². The molecule has 2 fully saturated rings. The van der Waals surface area contributed by atoms with E-state index in [1.807, 2.05) is 21.9 Å². The molecule has 24 heavy (non-hydrogen) atoms. The van der Waals surface area contributed by atoms with Crippen LogP contribution in [0.1, 0.15) is 24.8 Å². The van der Waals surface area contributed by atoms with Crippen molar-refractivity contribution in [2.75, 3.05) is 31.6 Å². The Kier molecular flexibility index (Phi) is 3.82. The van der Waals surface area contributed by atoms with Crippen LogP contribution in [0.15, 0.2) is 24.3 Å². The van der Waals surface area contributed by atoms with Gasteiger partial charge in [-0.2, -0.15) is 0 Å². The third kappa shape index (κ3) is 2.92. The molecule has 6 nitrogen and oxygen atoms in total. The fourth-order valence-electron chi connectivity index (χ4n) is 3.70. The minimum absolute atomic E-state index is 0.0539. The molecule has 1 saturated carbocycles. The number of nitrogens with zero attached hydrogens (tertiary/aromatic N) is 3. The minimum Gasteiger partial charge on any atom is -0.373 e. The van der Waals surface area contributed by atoms with Crippen molar-refractivity contribution in [2.45, 2.75) is 37.9 Å². The Bertz CT molecular complexity index is 658. The van der Waals surface area contributed by atoms with E-state index in [0.29, 0.717) is 32.1 Å². The van der Waals surface area contributed by atoms with Crippen molar-refractivity contribution in [3.8, 4) is 0 Å². The molecule has 1 N–H and O–H groups in total. The second-order valence-corrected chi connectivity index (χ2v) is 7.10. The quantitative estimate of drug-likeness (QED) is 0.893. The predicted octanol–water partition coefficient (Wildman–Crippen LogP) is 1.41. The molecule has 1 saturated heterocycles. The summed E-state index contributed by atoms with van der Waals surface area (Å²) < 4.78 is 0. The van der Waals surface area contributed by atoms with E-state index in [4.69, 9.17) is 0 Å². The maximum Gasteiger partial charge on any atom is 0.318 e. The van der Waals surface area contributed by atoms with Crippen LogP contribution in [0.3, 0.4) is 0 Å². The van der Waals surface area contributed by atoms with E-state index >= 15 is 0 Å². The molecular formula is C18H24N4O2. The summed E-state index contributed by atoms with van der Waals surface area (Å²) in [7, 11) is 2.06. The van der Waals surface area contributed by atoms with Crippen molar-refractivity contribution in [1.82, 2.24) is 15.1 Å². The highest BCUT2D eigenvalue weighted by molar-refractivity contribution is 5.82. The number of fused-ring (bicyclic) bond motifs is 1. The lowest BCUT2D eigenvalue weighted by atomic mass is 10.1. The van der Waals surface area contributed by atoms with E-state index in [2.05, 4.69) is 29.4 Å². The number of carbonyl (C=O) groups excluding carboxylic acids is 2. The van der Waals surface area contributed by atoms with Crippen LogP contribution in [0.4, 0.5) is 10.5 Å². The zero-order valence-corrected chi connectivity index (χ0v) is 14.1. The van der Waals surface area contributed by atoms with Gasteiger partial charge >= 0.3 is 6.03 Å². The molecule has 0 radical (unpaired) electrons. The zero-order valence-electron chi connectivity index (χ0n) is 14.1. The molecule has 3 aliphatic rings. The molecule has 6 heteroatoms. The number of hydrogen-bond donors (Lipinski definition) is 1. The minimum atomic E-state index is -0.0597. The number of urea groups is 1. The van der Waals surface area contributed by atoms with Gasteiger partial charge < -0.3 is 20.0 Å². The molecule has 3 amide bonds. The van der Waals surface area contributed by atoms with Gasteiger partial charge in [0.05, 0.1) is 6.04 Å². The van der Waals surface area contributed by atoms with E-state index in [-0.39, 0.29) is 18.0 Å². The molecular weight excluding hydrogens is 304 g/mol. The highest BCUT2D eigenvalue weighted by atomic mass is 16.2. The third-order valence-electron chi connectivity index (χ3n) is 5.23. The van der Waals surface area contributed by atoms with Crippen LogP contribution in [0.25, 0.3) is 0 Å². The molecule has 128 valence electrons. The SMILES string of the molecule is CN1CCN(C(=O)N[C@H]2CC(=O)N(C3CC3)C2)Cc2ccccc21. The molecule has 4 rings (SSSR count). The molecule has 1 aliphatic carbocycles. The number of benzene rings is 1. The van der Waals surface area contributed by atoms with Gasteiger partial charge in [0.15, 0.2) is 0 Å². The summed E-state index contributed by atoms with van der Waals surface area (Å²) in [5.74, 6) is 0.184. The number of rotatable bonds is 2. The van der Waals surface area contributed by atoms with E-state index < -0.39 is 0 Å². The highest BCUT2D eigenvalue weighted by Gasteiger charge is 2.40. The standard InChI is InChI=1S/C18H24N4O2/c1-20-8-9-21(11-13-4-2-3-5-16(13)20)18(24)19-14-10-17(23)22(12-14)15-6-7-15/h2-5,14-15H,6-12H2,1H3,(H,19,24)/t14-/m0/s1. The predicted molar refractivity (Wildman–Crippen MR) is 91.8 cm³/mol. The maximum absolute atomic E-state index is 12.7. The number of nitrogens with one attached hydrogen (secondary N) is 1. The van der Waals surface area contributed by atoms with Crippen molar-refractivity contribution in [3.63, 3.8) is 0 Å². The normalized spacial score (nSPS) is 24.0. The van der Waals surface area contributed by atoms with Crippen LogP contribution in [0, 0.1) is 0 Å². The number of carbonyl (C=O) groups is 2. The number of anilines is 1. The fraction of sp³-hybridized carbons (Fsp3) is 0.556. The molecule has 0 bridgehead atoms. The van der Waals surface area contributed by atoms with Gasteiger partial charge in [-0.1, -0.05) is 18.2 Å². The molecule has 0 aromatic heterocycles. The van der Waals surface area contributed by atoms with Gasteiger partial charge in [-0.3, -0.25) is 4.79 Å². The van der Waals surface area contributed by atoms with Crippen LogP contribution in [-0.4, -0.2) is 60.5 Å². The molecule has 2 aliphatic heterocycles. The van der Waals surface area contributed by atoms with Crippen molar-refractivity contribution in [1.29, 1.82) is 0 Å². The van der Waals surface area contributed by atoms with E-state index in [0.717, 1.165) is 24.9 Å². The van der Waals surface area contributed by atoms with Gasteiger partial charge in [0.2, 0.25) is 5.91 Å². The van der Waals surface area contributed by atoms with E-state index in [1.165, 1.54) is 5.69 Å². The number of hydrogen-bond acceptors (Lipinski definition) is 3. The first kappa shape index (κ1) is 15.3. The lowest BCUT2D eigenvalue weighted by molar-refractivity contribution is -0.128. The van der Waals surface area contributed by atoms with Gasteiger partial charge in [-0.25, -0.2) is 4.79 Å². The third-order valence-corrected chi connectivity index (χ3v) is 5.23. The summed E-state index contributed by atoms with van der Waals surface area (Å²) in [6.07, 6.45) is 2.66. The van der Waals surface area contributed by atoms with Crippen LogP contribution in [0.5, 0.6) is 0 Å². The van der Waals surface area contributed by atoms with E-state index in [1.54, 1.807) is 0 Å². The maximum atomic E-state index is 12.7. The van der Waals surface area contributed by atoms with Crippen molar-refractivity contribution in [3.05, 3.63) is 29.8 Å². The average molecular weight is 328 g/mol. The first-order valence-corrected chi connectivity index (χ1v) is 8.76. The lowest BCUT2D eigenvalue weighted by Gasteiger charge is -2.24.